The molecule has 0 aromatic carbocycles. The number of pyridine rings is 1. The van der Waals surface area contributed by atoms with Crippen molar-refractivity contribution >= 4 is 10.8 Å². The molecule has 2 atom stereocenters. The van der Waals surface area contributed by atoms with Crippen molar-refractivity contribution < 1.29 is 4.21 Å². The number of hydrogen-bond acceptors (Lipinski definition) is 3. The molecule has 1 aliphatic rings. The zero-order valence-corrected chi connectivity index (χ0v) is 12.0. The van der Waals surface area contributed by atoms with E-state index in [9.17, 15) is 4.21 Å². The zero-order chi connectivity index (χ0) is 13.2. The lowest BCUT2D eigenvalue weighted by atomic mass is 9.91. The first-order valence-corrected chi connectivity index (χ1v) is 7.57. The van der Waals surface area contributed by atoms with Gasteiger partial charge in [-0.05, 0) is 17.7 Å². The highest BCUT2D eigenvalue weighted by Crippen LogP contribution is 2.20. The number of nitrogens with one attached hydrogen (secondary N) is 1. The van der Waals surface area contributed by atoms with Crippen molar-refractivity contribution in [3.05, 3.63) is 41.1 Å². The van der Waals surface area contributed by atoms with Gasteiger partial charge in [-0.3, -0.25) is 9.19 Å². The summed E-state index contributed by atoms with van der Waals surface area (Å²) in [6, 6.07) is 4.40. The highest BCUT2D eigenvalue weighted by Gasteiger charge is 2.16. The number of hydrogen-bond donors (Lipinski definition) is 1. The molecule has 1 aromatic rings. The van der Waals surface area contributed by atoms with Gasteiger partial charge in [-0.2, -0.15) is 0 Å². The van der Waals surface area contributed by atoms with Crippen LogP contribution in [0.5, 0.6) is 0 Å². The Morgan fingerprint density at radius 3 is 2.89 bits per heavy atom. The van der Waals surface area contributed by atoms with E-state index in [2.05, 4.69) is 37.1 Å². The smallest absolute Gasteiger partial charge is 0.0472 e. The summed E-state index contributed by atoms with van der Waals surface area (Å²) in [5.74, 6) is 0.692. The third kappa shape index (κ3) is 3.50. The monoisotopic (exact) mass is 264 g/mol. The Labute approximate surface area is 111 Å². The van der Waals surface area contributed by atoms with E-state index < -0.39 is 10.8 Å². The van der Waals surface area contributed by atoms with E-state index in [0.29, 0.717) is 5.75 Å². The molecule has 0 bridgehead atoms. The van der Waals surface area contributed by atoms with Gasteiger partial charge in [-0.15, -0.1) is 0 Å². The fourth-order valence-corrected chi connectivity index (χ4v) is 2.90. The maximum absolute atomic E-state index is 11.2. The van der Waals surface area contributed by atoms with Gasteiger partial charge in [0.15, 0.2) is 0 Å². The number of nitrogens with zero attached hydrogens (tertiary/aromatic N) is 1. The molecule has 1 aliphatic heterocycles. The van der Waals surface area contributed by atoms with Gasteiger partial charge in [0.1, 0.15) is 0 Å². The molecule has 0 radical (unpaired) electrons. The lowest BCUT2D eigenvalue weighted by Gasteiger charge is -2.18. The molecule has 2 heterocycles. The van der Waals surface area contributed by atoms with Crippen LogP contribution in [0.1, 0.15) is 32.0 Å². The van der Waals surface area contributed by atoms with Crippen molar-refractivity contribution in [3.8, 4) is 0 Å². The lowest BCUT2D eigenvalue weighted by Crippen LogP contribution is -2.28. The van der Waals surface area contributed by atoms with Crippen LogP contribution in [-0.2, 0) is 22.8 Å². The van der Waals surface area contributed by atoms with E-state index in [1.807, 2.05) is 18.3 Å². The predicted octanol–water partition coefficient (Wildman–Crippen LogP) is 2.11. The molecule has 4 heteroatoms. The largest absolute Gasteiger partial charge is 0.306 e. The van der Waals surface area contributed by atoms with Gasteiger partial charge >= 0.3 is 0 Å². The van der Waals surface area contributed by atoms with Crippen molar-refractivity contribution in [2.75, 3.05) is 5.75 Å². The Morgan fingerprint density at radius 1 is 1.50 bits per heavy atom. The third-order valence-corrected chi connectivity index (χ3v) is 4.12. The van der Waals surface area contributed by atoms with E-state index in [-0.39, 0.29) is 11.5 Å². The zero-order valence-electron chi connectivity index (χ0n) is 11.1. The molecule has 0 saturated carbocycles. The van der Waals surface area contributed by atoms with Gasteiger partial charge in [0, 0.05) is 51.9 Å². The van der Waals surface area contributed by atoms with Crippen LogP contribution in [0.25, 0.3) is 0 Å². The molecular formula is C14H20N2OS. The summed E-state index contributed by atoms with van der Waals surface area (Å²) < 4.78 is 11.2. The normalized spacial score (nSPS) is 23.5. The minimum absolute atomic E-state index is 0.0742. The molecule has 2 unspecified atom stereocenters. The number of rotatable bonds is 3. The van der Waals surface area contributed by atoms with Crippen molar-refractivity contribution in [2.45, 2.75) is 38.8 Å². The first-order chi connectivity index (χ1) is 8.45. The van der Waals surface area contributed by atoms with Crippen LogP contribution in [0.2, 0.25) is 0 Å². The molecule has 2 rings (SSSR count). The summed E-state index contributed by atoms with van der Waals surface area (Å²) in [4.78, 5) is 4.41. The van der Waals surface area contributed by atoms with Crippen LogP contribution < -0.4 is 5.32 Å². The fourth-order valence-electron chi connectivity index (χ4n) is 1.84. The summed E-state index contributed by atoms with van der Waals surface area (Å²) in [6.45, 7) is 7.28. The minimum atomic E-state index is -0.785. The van der Waals surface area contributed by atoms with Gasteiger partial charge in [0.2, 0.25) is 0 Å². The van der Waals surface area contributed by atoms with E-state index in [1.54, 1.807) is 5.41 Å². The molecule has 0 fully saturated rings. The molecule has 0 aliphatic carbocycles. The summed E-state index contributed by atoms with van der Waals surface area (Å²) in [5.41, 5.74) is 2.40. The van der Waals surface area contributed by atoms with Crippen LogP contribution in [0.4, 0.5) is 0 Å². The van der Waals surface area contributed by atoms with E-state index >= 15 is 0 Å². The average Bonchev–Trinajstić information content (AvgIpc) is 2.72. The summed E-state index contributed by atoms with van der Waals surface area (Å²) in [5, 5.41) is 5.17. The standard InChI is InChI=1S/C14H20N2OS/c1-14(2,3)13-8-11(4-6-15-13)9-16-12-5-7-18(17)10-12/h4-8,12,16H,9-10H2,1-3H3. The quantitative estimate of drug-likeness (QED) is 0.909. The van der Waals surface area contributed by atoms with Gasteiger partial charge < -0.3 is 5.32 Å². The van der Waals surface area contributed by atoms with Crippen LogP contribution in [-0.4, -0.2) is 21.0 Å². The Kier molecular flexibility index (Phi) is 3.97. The maximum Gasteiger partial charge on any atom is 0.0472 e. The lowest BCUT2D eigenvalue weighted by molar-refractivity contribution is 0.565. The van der Waals surface area contributed by atoms with Crippen molar-refractivity contribution in [3.63, 3.8) is 0 Å². The third-order valence-electron chi connectivity index (χ3n) is 2.97. The number of aromatic nitrogens is 1. The fraction of sp³-hybridized carbons (Fsp3) is 0.500. The Balaban J connectivity index is 1.98. The first-order valence-electron chi connectivity index (χ1n) is 6.19. The Hall–Kier alpha value is -1.00. The Bertz CT molecular complexity index is 477. The predicted molar refractivity (Wildman–Crippen MR) is 75.7 cm³/mol. The second-order valence-electron chi connectivity index (χ2n) is 5.66. The van der Waals surface area contributed by atoms with E-state index in [4.69, 9.17) is 0 Å². The summed E-state index contributed by atoms with van der Waals surface area (Å²) >= 11 is 0. The molecule has 1 N–H and O–H groups in total. The maximum atomic E-state index is 11.2. The van der Waals surface area contributed by atoms with Crippen molar-refractivity contribution in [1.29, 1.82) is 0 Å². The van der Waals surface area contributed by atoms with Crippen molar-refractivity contribution in [2.24, 2.45) is 0 Å². The molecule has 1 aromatic heterocycles. The van der Waals surface area contributed by atoms with Crippen LogP contribution in [0, 0.1) is 0 Å². The van der Waals surface area contributed by atoms with E-state index in [1.165, 1.54) is 5.56 Å². The van der Waals surface area contributed by atoms with Crippen LogP contribution in [0.3, 0.4) is 0 Å². The van der Waals surface area contributed by atoms with Crippen LogP contribution in [0.15, 0.2) is 29.8 Å². The van der Waals surface area contributed by atoms with Crippen molar-refractivity contribution in [1.82, 2.24) is 10.3 Å². The molecule has 3 nitrogen and oxygen atoms in total. The van der Waals surface area contributed by atoms with Gasteiger partial charge in [0.05, 0.1) is 0 Å². The highest BCUT2D eigenvalue weighted by molar-refractivity contribution is 7.88. The van der Waals surface area contributed by atoms with Gasteiger partial charge in [-0.25, -0.2) is 0 Å². The second kappa shape index (κ2) is 5.33. The molecular weight excluding hydrogens is 244 g/mol. The van der Waals surface area contributed by atoms with E-state index in [0.717, 1.165) is 12.2 Å². The molecule has 18 heavy (non-hydrogen) atoms. The molecule has 0 spiro atoms. The van der Waals surface area contributed by atoms with Gasteiger partial charge in [0.25, 0.3) is 0 Å². The van der Waals surface area contributed by atoms with Gasteiger partial charge in [-0.1, -0.05) is 26.8 Å². The highest BCUT2D eigenvalue weighted by atomic mass is 32.2. The summed E-state index contributed by atoms with van der Waals surface area (Å²) in [7, 11) is -0.785. The first kappa shape index (κ1) is 13.4. The topological polar surface area (TPSA) is 42.0 Å². The SMILES string of the molecule is CC(C)(C)c1cc(CNC2C=CS(=O)C2)ccn1. The second-order valence-corrected chi connectivity index (χ2v) is 7.03. The summed E-state index contributed by atoms with van der Waals surface area (Å²) in [6.07, 6.45) is 3.85. The molecule has 0 amide bonds. The Morgan fingerprint density at radius 2 is 2.28 bits per heavy atom. The average molecular weight is 264 g/mol. The molecule has 0 saturated heterocycles. The van der Waals surface area contributed by atoms with Crippen LogP contribution >= 0.6 is 0 Å². The molecule has 98 valence electrons. The minimum Gasteiger partial charge on any atom is -0.306 e.